The second-order valence-electron chi connectivity index (χ2n) is 6.98. The largest absolute Gasteiger partial charge is 0.389 e. The first-order chi connectivity index (χ1) is 9.60. The van der Waals surface area contributed by atoms with Crippen LogP contribution < -0.4 is 11.1 Å². The van der Waals surface area contributed by atoms with E-state index < -0.39 is 0 Å². The van der Waals surface area contributed by atoms with Gasteiger partial charge in [-0.2, -0.15) is 0 Å². The van der Waals surface area contributed by atoms with Crippen molar-refractivity contribution in [3.8, 4) is 0 Å². The summed E-state index contributed by atoms with van der Waals surface area (Å²) in [7, 11) is 0. The van der Waals surface area contributed by atoms with Gasteiger partial charge < -0.3 is 11.1 Å². The fourth-order valence-electron chi connectivity index (χ4n) is 2.73. The minimum absolute atomic E-state index is 0.00912. The summed E-state index contributed by atoms with van der Waals surface area (Å²) in [6, 6.07) is 5.67. The molecular weight excluding hydrogens is 280 g/mol. The zero-order valence-corrected chi connectivity index (χ0v) is 14.4. The van der Waals surface area contributed by atoms with Crippen LogP contribution in [-0.4, -0.2) is 10.9 Å². The van der Waals surface area contributed by atoms with E-state index in [4.69, 9.17) is 18.0 Å². The number of amides is 1. The van der Waals surface area contributed by atoms with Crippen LogP contribution >= 0.6 is 12.2 Å². The molecule has 0 aliphatic rings. The number of nitrogens with one attached hydrogen (secondary N) is 1. The Hall–Kier alpha value is -1.42. The number of nitrogens with two attached hydrogens (primary N) is 1. The first-order valence-electron chi connectivity index (χ1n) is 7.29. The lowest BCUT2D eigenvalue weighted by atomic mass is 9.84. The molecule has 1 unspecified atom stereocenters. The van der Waals surface area contributed by atoms with E-state index in [9.17, 15) is 4.79 Å². The van der Waals surface area contributed by atoms with Crippen molar-refractivity contribution >= 4 is 28.8 Å². The van der Waals surface area contributed by atoms with Gasteiger partial charge in [-0.25, -0.2) is 0 Å². The quantitative estimate of drug-likeness (QED) is 0.808. The van der Waals surface area contributed by atoms with E-state index in [0.717, 1.165) is 17.5 Å². The Kier molecular flexibility index (Phi) is 5.90. The third kappa shape index (κ3) is 5.84. The Morgan fingerprint density at radius 1 is 1.38 bits per heavy atom. The number of carbonyl (C=O) groups is 1. The van der Waals surface area contributed by atoms with Crippen molar-refractivity contribution in [2.75, 3.05) is 5.32 Å². The second-order valence-corrected chi connectivity index (χ2v) is 7.42. The molecule has 1 atom stereocenters. The maximum absolute atomic E-state index is 12.2. The molecule has 0 aliphatic carbocycles. The lowest BCUT2D eigenvalue weighted by Crippen LogP contribution is -2.21. The van der Waals surface area contributed by atoms with Crippen LogP contribution in [0.25, 0.3) is 0 Å². The molecule has 1 aromatic rings. The zero-order valence-electron chi connectivity index (χ0n) is 13.6. The topological polar surface area (TPSA) is 55.1 Å². The SMILES string of the molecule is Cc1cccc(NC(=O)CC(C)CC(C)(C)C)c1C(N)=S. The van der Waals surface area contributed by atoms with Crippen LogP contribution in [0.3, 0.4) is 0 Å². The first-order valence-corrected chi connectivity index (χ1v) is 7.70. The fourth-order valence-corrected chi connectivity index (χ4v) is 3.01. The van der Waals surface area contributed by atoms with E-state index in [1.54, 1.807) is 0 Å². The molecule has 0 radical (unpaired) electrons. The van der Waals surface area contributed by atoms with Crippen LogP contribution in [0.2, 0.25) is 0 Å². The molecule has 21 heavy (non-hydrogen) atoms. The molecule has 1 aromatic carbocycles. The molecule has 3 N–H and O–H groups in total. The second kappa shape index (κ2) is 7.03. The maximum atomic E-state index is 12.2. The van der Waals surface area contributed by atoms with Crippen molar-refractivity contribution in [2.45, 2.75) is 47.5 Å². The molecule has 0 fully saturated rings. The van der Waals surface area contributed by atoms with E-state index in [1.807, 2.05) is 25.1 Å². The number of hydrogen-bond acceptors (Lipinski definition) is 2. The van der Waals surface area contributed by atoms with Gasteiger partial charge in [0, 0.05) is 12.0 Å². The lowest BCUT2D eigenvalue weighted by molar-refractivity contribution is -0.117. The van der Waals surface area contributed by atoms with Gasteiger partial charge in [0.2, 0.25) is 5.91 Å². The molecule has 1 amide bonds. The highest BCUT2D eigenvalue weighted by Gasteiger charge is 2.18. The summed E-state index contributed by atoms with van der Waals surface area (Å²) in [5.74, 6) is 0.345. The molecule has 0 heterocycles. The highest BCUT2D eigenvalue weighted by Crippen LogP contribution is 2.26. The van der Waals surface area contributed by atoms with E-state index in [-0.39, 0.29) is 11.3 Å². The van der Waals surface area contributed by atoms with Gasteiger partial charge in [-0.15, -0.1) is 0 Å². The minimum Gasteiger partial charge on any atom is -0.389 e. The van der Waals surface area contributed by atoms with Crippen LogP contribution in [0.5, 0.6) is 0 Å². The van der Waals surface area contributed by atoms with Crippen molar-refractivity contribution in [3.05, 3.63) is 29.3 Å². The van der Waals surface area contributed by atoms with E-state index in [1.165, 1.54) is 0 Å². The van der Waals surface area contributed by atoms with Crippen LogP contribution in [0, 0.1) is 18.3 Å². The number of anilines is 1. The van der Waals surface area contributed by atoms with Crippen LogP contribution in [-0.2, 0) is 4.79 Å². The summed E-state index contributed by atoms with van der Waals surface area (Å²) in [6.45, 7) is 10.6. The van der Waals surface area contributed by atoms with Crippen LogP contribution in [0.1, 0.15) is 51.7 Å². The molecule has 0 aliphatic heterocycles. The molecule has 0 aromatic heterocycles. The first kappa shape index (κ1) is 17.6. The average molecular weight is 306 g/mol. The predicted molar refractivity (Wildman–Crippen MR) is 93.5 cm³/mol. The smallest absolute Gasteiger partial charge is 0.224 e. The number of thiocarbonyl (C=S) groups is 1. The van der Waals surface area contributed by atoms with Gasteiger partial charge in [0.15, 0.2) is 0 Å². The summed E-state index contributed by atoms with van der Waals surface area (Å²) in [5.41, 5.74) is 8.42. The number of aryl methyl sites for hydroxylation is 1. The highest BCUT2D eigenvalue weighted by molar-refractivity contribution is 7.80. The molecule has 0 spiro atoms. The molecule has 0 bridgehead atoms. The van der Waals surface area contributed by atoms with Crippen molar-refractivity contribution < 1.29 is 4.79 Å². The fraction of sp³-hybridized carbons (Fsp3) is 0.529. The van der Waals surface area contributed by atoms with Gasteiger partial charge in [0.25, 0.3) is 0 Å². The van der Waals surface area contributed by atoms with Gasteiger partial charge >= 0.3 is 0 Å². The Balaban J connectivity index is 2.76. The van der Waals surface area contributed by atoms with Gasteiger partial charge in [0.1, 0.15) is 4.99 Å². The summed E-state index contributed by atoms with van der Waals surface area (Å²) in [4.78, 5) is 12.5. The predicted octanol–water partition coefficient (Wildman–Crippen LogP) is 4.03. The monoisotopic (exact) mass is 306 g/mol. The standard InChI is InChI=1S/C17H26N2OS/c1-11(10-17(3,4)5)9-14(20)19-13-8-6-7-12(2)15(13)16(18)21/h6-8,11H,9-10H2,1-5H3,(H2,18,21)(H,19,20). The van der Waals surface area contributed by atoms with Crippen LogP contribution in [0.15, 0.2) is 18.2 Å². The third-order valence-electron chi connectivity index (χ3n) is 3.29. The maximum Gasteiger partial charge on any atom is 0.224 e. The molecule has 1 rings (SSSR count). The number of hydrogen-bond donors (Lipinski definition) is 2. The van der Waals surface area contributed by atoms with Gasteiger partial charge in [-0.1, -0.05) is 52.0 Å². The van der Waals surface area contributed by atoms with Crippen molar-refractivity contribution in [1.29, 1.82) is 0 Å². The summed E-state index contributed by atoms with van der Waals surface area (Å²) < 4.78 is 0. The van der Waals surface area contributed by atoms with Gasteiger partial charge in [0.05, 0.1) is 5.69 Å². The normalized spacial score (nSPS) is 12.8. The van der Waals surface area contributed by atoms with Gasteiger partial charge in [-0.3, -0.25) is 4.79 Å². The summed E-state index contributed by atoms with van der Waals surface area (Å²) >= 11 is 5.08. The van der Waals surface area contributed by atoms with Crippen molar-refractivity contribution in [2.24, 2.45) is 17.1 Å². The van der Waals surface area contributed by atoms with E-state index in [2.05, 4.69) is 33.0 Å². The van der Waals surface area contributed by atoms with Crippen LogP contribution in [0.4, 0.5) is 5.69 Å². The molecule has 0 saturated carbocycles. The molecule has 3 nitrogen and oxygen atoms in total. The molecular formula is C17H26N2OS. The van der Waals surface area contributed by atoms with Gasteiger partial charge in [-0.05, 0) is 36.3 Å². The number of rotatable bonds is 5. The molecule has 0 saturated heterocycles. The van der Waals surface area contributed by atoms with Crippen molar-refractivity contribution in [1.82, 2.24) is 0 Å². The number of carbonyl (C=O) groups excluding carboxylic acids is 1. The summed E-state index contributed by atoms with van der Waals surface area (Å²) in [6.07, 6.45) is 1.51. The molecule has 116 valence electrons. The Morgan fingerprint density at radius 2 is 2.00 bits per heavy atom. The lowest BCUT2D eigenvalue weighted by Gasteiger charge is -2.23. The Morgan fingerprint density at radius 3 is 2.52 bits per heavy atom. The summed E-state index contributed by atoms with van der Waals surface area (Å²) in [5, 5.41) is 2.94. The Labute approximate surface area is 133 Å². The van der Waals surface area contributed by atoms with E-state index >= 15 is 0 Å². The molecule has 4 heteroatoms. The Bertz CT molecular complexity index is 532. The highest BCUT2D eigenvalue weighted by atomic mass is 32.1. The van der Waals surface area contributed by atoms with Crippen molar-refractivity contribution in [3.63, 3.8) is 0 Å². The number of benzene rings is 1. The third-order valence-corrected chi connectivity index (χ3v) is 3.49. The average Bonchev–Trinajstić information content (AvgIpc) is 2.24. The van der Waals surface area contributed by atoms with E-state index in [0.29, 0.717) is 23.0 Å². The minimum atomic E-state index is 0.00912. The zero-order chi connectivity index (χ0) is 16.2.